The molecule has 116 valence electrons. The normalized spacial score (nSPS) is 27.8. The summed E-state index contributed by atoms with van der Waals surface area (Å²) in [5.41, 5.74) is 5.98. The molecule has 21 heavy (non-hydrogen) atoms. The van der Waals surface area contributed by atoms with E-state index in [1.807, 2.05) is 12.3 Å². The van der Waals surface area contributed by atoms with Crippen molar-refractivity contribution in [2.45, 2.75) is 38.1 Å². The van der Waals surface area contributed by atoms with Crippen molar-refractivity contribution in [2.24, 2.45) is 11.7 Å². The van der Waals surface area contributed by atoms with Gasteiger partial charge in [-0.25, -0.2) is 4.98 Å². The minimum absolute atomic E-state index is 0.475. The molecule has 0 amide bonds. The van der Waals surface area contributed by atoms with Crippen LogP contribution in [0.2, 0.25) is 0 Å². The first-order chi connectivity index (χ1) is 10.3. The Morgan fingerprint density at radius 1 is 1.05 bits per heavy atom. The lowest BCUT2D eigenvalue weighted by Crippen LogP contribution is -2.47. The van der Waals surface area contributed by atoms with E-state index in [0.717, 1.165) is 24.8 Å². The molecular formula is C17H28N4. The molecule has 2 heterocycles. The van der Waals surface area contributed by atoms with Crippen LogP contribution < -0.4 is 10.6 Å². The lowest BCUT2D eigenvalue weighted by Gasteiger charge is -2.36. The summed E-state index contributed by atoms with van der Waals surface area (Å²) in [7, 11) is 0. The molecule has 2 fully saturated rings. The third-order valence-corrected chi connectivity index (χ3v) is 5.09. The van der Waals surface area contributed by atoms with Crippen LogP contribution in [0.5, 0.6) is 0 Å². The molecule has 1 saturated carbocycles. The van der Waals surface area contributed by atoms with E-state index < -0.39 is 0 Å². The van der Waals surface area contributed by atoms with E-state index in [9.17, 15) is 0 Å². The van der Waals surface area contributed by atoms with Gasteiger partial charge in [0.1, 0.15) is 5.82 Å². The smallest absolute Gasteiger partial charge is 0.128 e. The predicted molar refractivity (Wildman–Crippen MR) is 87.4 cm³/mol. The van der Waals surface area contributed by atoms with E-state index >= 15 is 0 Å². The molecule has 0 spiro atoms. The zero-order valence-corrected chi connectivity index (χ0v) is 13.0. The summed E-state index contributed by atoms with van der Waals surface area (Å²) in [5, 5.41) is 0. The zero-order valence-electron chi connectivity index (χ0n) is 13.0. The van der Waals surface area contributed by atoms with Crippen molar-refractivity contribution in [1.82, 2.24) is 9.88 Å². The van der Waals surface area contributed by atoms with Gasteiger partial charge < -0.3 is 10.6 Å². The highest BCUT2D eigenvalue weighted by Crippen LogP contribution is 2.26. The third kappa shape index (κ3) is 4.17. The second kappa shape index (κ2) is 7.23. The van der Waals surface area contributed by atoms with Crippen LogP contribution >= 0.6 is 0 Å². The Kier molecular flexibility index (Phi) is 5.09. The van der Waals surface area contributed by atoms with E-state index in [0.29, 0.717) is 6.04 Å². The lowest BCUT2D eigenvalue weighted by molar-refractivity contribution is 0.216. The van der Waals surface area contributed by atoms with Crippen LogP contribution in [0.25, 0.3) is 0 Å². The molecule has 1 aromatic rings. The summed E-state index contributed by atoms with van der Waals surface area (Å²) in [5.74, 6) is 2.04. The molecule has 0 unspecified atom stereocenters. The number of pyridine rings is 1. The fraction of sp³-hybridized carbons (Fsp3) is 0.706. The topological polar surface area (TPSA) is 45.4 Å². The first-order valence-electron chi connectivity index (χ1n) is 8.45. The van der Waals surface area contributed by atoms with Gasteiger partial charge in [-0.3, -0.25) is 4.90 Å². The minimum atomic E-state index is 0.475. The molecular weight excluding hydrogens is 260 g/mol. The summed E-state index contributed by atoms with van der Waals surface area (Å²) < 4.78 is 0. The quantitative estimate of drug-likeness (QED) is 0.922. The molecule has 4 nitrogen and oxygen atoms in total. The van der Waals surface area contributed by atoms with Gasteiger partial charge in [0.15, 0.2) is 0 Å². The van der Waals surface area contributed by atoms with E-state index in [1.54, 1.807) is 0 Å². The Bertz CT molecular complexity index is 406. The van der Waals surface area contributed by atoms with Crippen LogP contribution in [0.3, 0.4) is 0 Å². The molecule has 1 aliphatic heterocycles. The monoisotopic (exact) mass is 288 g/mol. The van der Waals surface area contributed by atoms with Crippen LogP contribution in [0, 0.1) is 5.92 Å². The van der Waals surface area contributed by atoms with E-state index in [4.69, 9.17) is 5.73 Å². The minimum Gasteiger partial charge on any atom is -0.354 e. The van der Waals surface area contributed by atoms with Gasteiger partial charge in [0.05, 0.1) is 0 Å². The SMILES string of the molecule is N[C@H]1CC[C@@H](CCN2CCN(c3ccccn3)CC2)CC1. The van der Waals surface area contributed by atoms with Crippen LogP contribution in [-0.4, -0.2) is 48.6 Å². The molecule has 2 aliphatic rings. The Hall–Kier alpha value is -1.13. The van der Waals surface area contributed by atoms with Crippen LogP contribution in [0.4, 0.5) is 5.82 Å². The Morgan fingerprint density at radius 2 is 1.81 bits per heavy atom. The summed E-state index contributed by atoms with van der Waals surface area (Å²) in [6.07, 6.45) is 8.40. The van der Waals surface area contributed by atoms with Gasteiger partial charge in [-0.15, -0.1) is 0 Å². The van der Waals surface area contributed by atoms with Gasteiger partial charge in [0.2, 0.25) is 0 Å². The highest BCUT2D eigenvalue weighted by atomic mass is 15.3. The van der Waals surface area contributed by atoms with E-state index in [-0.39, 0.29) is 0 Å². The predicted octanol–water partition coefficient (Wildman–Crippen LogP) is 2.11. The van der Waals surface area contributed by atoms with Crippen LogP contribution in [0.15, 0.2) is 24.4 Å². The highest BCUT2D eigenvalue weighted by molar-refractivity contribution is 5.38. The van der Waals surface area contributed by atoms with Gasteiger partial charge in [-0.05, 0) is 56.7 Å². The van der Waals surface area contributed by atoms with E-state index in [1.165, 1.54) is 51.7 Å². The maximum Gasteiger partial charge on any atom is 0.128 e. The fourth-order valence-electron chi connectivity index (χ4n) is 3.58. The summed E-state index contributed by atoms with van der Waals surface area (Å²) in [6, 6.07) is 6.64. The van der Waals surface area contributed by atoms with Crippen LogP contribution in [-0.2, 0) is 0 Å². The largest absolute Gasteiger partial charge is 0.354 e. The van der Waals surface area contributed by atoms with Gasteiger partial charge in [-0.2, -0.15) is 0 Å². The highest BCUT2D eigenvalue weighted by Gasteiger charge is 2.21. The number of anilines is 1. The maximum absolute atomic E-state index is 5.98. The molecule has 0 radical (unpaired) electrons. The summed E-state index contributed by atoms with van der Waals surface area (Å²) in [6.45, 7) is 5.81. The van der Waals surface area contributed by atoms with Crippen molar-refractivity contribution in [3.05, 3.63) is 24.4 Å². The van der Waals surface area contributed by atoms with Gasteiger partial charge in [0.25, 0.3) is 0 Å². The van der Waals surface area contributed by atoms with Crippen molar-refractivity contribution >= 4 is 5.82 Å². The van der Waals surface area contributed by atoms with Crippen molar-refractivity contribution in [3.8, 4) is 0 Å². The molecule has 1 saturated heterocycles. The molecule has 2 N–H and O–H groups in total. The number of nitrogens with zero attached hydrogens (tertiary/aromatic N) is 3. The van der Waals surface area contributed by atoms with E-state index in [2.05, 4.69) is 26.9 Å². The lowest BCUT2D eigenvalue weighted by atomic mass is 9.84. The average molecular weight is 288 g/mol. The molecule has 4 heteroatoms. The van der Waals surface area contributed by atoms with Crippen molar-refractivity contribution in [1.29, 1.82) is 0 Å². The first-order valence-corrected chi connectivity index (χ1v) is 8.45. The van der Waals surface area contributed by atoms with Crippen LogP contribution in [0.1, 0.15) is 32.1 Å². The first kappa shape index (κ1) is 14.8. The number of nitrogens with two attached hydrogens (primary N) is 1. The number of rotatable bonds is 4. The summed E-state index contributed by atoms with van der Waals surface area (Å²) in [4.78, 5) is 9.47. The standard InChI is InChI=1S/C17H28N4/c18-16-6-4-15(5-7-16)8-10-20-11-13-21(14-12-20)17-3-1-2-9-19-17/h1-3,9,15-16H,4-8,10-14,18H2/t15-,16+. The van der Waals surface area contributed by atoms with Crippen molar-refractivity contribution in [3.63, 3.8) is 0 Å². The average Bonchev–Trinajstić information content (AvgIpc) is 2.56. The third-order valence-electron chi connectivity index (χ3n) is 5.09. The number of piperazine rings is 1. The molecule has 0 aromatic carbocycles. The molecule has 3 rings (SSSR count). The Balaban J connectivity index is 1.38. The second-order valence-electron chi connectivity index (χ2n) is 6.59. The molecule has 1 aromatic heterocycles. The van der Waals surface area contributed by atoms with Gasteiger partial charge >= 0.3 is 0 Å². The number of hydrogen-bond acceptors (Lipinski definition) is 4. The maximum atomic E-state index is 5.98. The van der Waals surface area contributed by atoms with Crippen molar-refractivity contribution in [2.75, 3.05) is 37.6 Å². The van der Waals surface area contributed by atoms with Gasteiger partial charge in [-0.1, -0.05) is 6.07 Å². The molecule has 1 aliphatic carbocycles. The zero-order chi connectivity index (χ0) is 14.5. The fourth-order valence-corrected chi connectivity index (χ4v) is 3.58. The Morgan fingerprint density at radius 3 is 2.48 bits per heavy atom. The molecule has 0 bridgehead atoms. The molecule has 0 atom stereocenters. The number of hydrogen-bond donors (Lipinski definition) is 1. The summed E-state index contributed by atoms with van der Waals surface area (Å²) >= 11 is 0. The number of aromatic nitrogens is 1. The van der Waals surface area contributed by atoms with Gasteiger partial charge in [0, 0.05) is 38.4 Å². The Labute approximate surface area is 128 Å². The second-order valence-corrected chi connectivity index (χ2v) is 6.59. The van der Waals surface area contributed by atoms with Crippen molar-refractivity contribution < 1.29 is 0 Å².